The zero-order chi connectivity index (χ0) is 18.2. The Labute approximate surface area is 142 Å². The molecule has 0 bridgehead atoms. The molecule has 25 heavy (non-hydrogen) atoms. The highest BCUT2D eigenvalue weighted by Gasteiger charge is 2.48. The van der Waals surface area contributed by atoms with Gasteiger partial charge < -0.3 is 4.18 Å². The molecular weight excluding hydrogens is 353 g/mol. The van der Waals surface area contributed by atoms with Gasteiger partial charge in [-0.2, -0.15) is 21.6 Å². The summed E-state index contributed by atoms with van der Waals surface area (Å²) in [6.45, 7) is 1.87. The van der Waals surface area contributed by atoms with Crippen molar-refractivity contribution < 1.29 is 25.8 Å². The Morgan fingerprint density at radius 3 is 2.16 bits per heavy atom. The molecule has 0 atom stereocenters. The molecule has 0 aromatic heterocycles. The highest BCUT2D eigenvalue weighted by molar-refractivity contribution is 7.88. The van der Waals surface area contributed by atoms with Crippen molar-refractivity contribution >= 4 is 20.9 Å². The molecule has 3 nitrogen and oxygen atoms in total. The summed E-state index contributed by atoms with van der Waals surface area (Å²) in [5.74, 6) is -0.361. The minimum absolute atomic E-state index is 0.297. The Bertz CT molecular complexity index is 1020. The van der Waals surface area contributed by atoms with Gasteiger partial charge in [0.15, 0.2) is 5.75 Å². The van der Waals surface area contributed by atoms with Crippen molar-refractivity contribution in [3.8, 4) is 16.9 Å². The molecule has 0 N–H and O–H groups in total. The van der Waals surface area contributed by atoms with Gasteiger partial charge in [-0.15, -0.1) is 0 Å². The van der Waals surface area contributed by atoms with Crippen LogP contribution in [-0.2, 0) is 10.1 Å². The Morgan fingerprint density at radius 2 is 1.52 bits per heavy atom. The Kier molecular flexibility index (Phi) is 4.20. The molecule has 7 heteroatoms. The number of halogens is 3. The maximum atomic E-state index is 12.7. The molecule has 0 saturated heterocycles. The summed E-state index contributed by atoms with van der Waals surface area (Å²) in [5.41, 5.74) is -3.67. The first-order valence-corrected chi connectivity index (χ1v) is 8.69. The van der Waals surface area contributed by atoms with E-state index in [0.29, 0.717) is 16.5 Å². The second-order valence-electron chi connectivity index (χ2n) is 5.51. The van der Waals surface area contributed by atoms with Gasteiger partial charge in [-0.1, -0.05) is 60.2 Å². The lowest BCUT2D eigenvalue weighted by molar-refractivity contribution is -0.0499. The molecule has 0 aliphatic rings. The lowest BCUT2D eigenvalue weighted by Gasteiger charge is -2.15. The average Bonchev–Trinajstić information content (AvgIpc) is 2.54. The standard InChI is InChI=1S/C18H13F3O3S/c1-12-6-8-14(9-7-12)17-15-5-3-2-4-13(15)10-11-16(17)24-25(22,23)18(19,20)21/h2-11H,1H3. The molecule has 0 radical (unpaired) electrons. The Hall–Kier alpha value is -2.54. The largest absolute Gasteiger partial charge is 0.534 e. The minimum Gasteiger partial charge on any atom is -0.375 e. The number of rotatable bonds is 3. The van der Waals surface area contributed by atoms with Crippen molar-refractivity contribution in [2.24, 2.45) is 0 Å². The van der Waals surface area contributed by atoms with Crippen LogP contribution in [0.4, 0.5) is 13.2 Å². The van der Waals surface area contributed by atoms with Gasteiger partial charge in [0.05, 0.1) is 0 Å². The van der Waals surface area contributed by atoms with E-state index in [2.05, 4.69) is 4.18 Å². The summed E-state index contributed by atoms with van der Waals surface area (Å²) < 4.78 is 65.5. The van der Waals surface area contributed by atoms with Gasteiger partial charge in [-0.25, -0.2) is 0 Å². The molecule has 0 amide bonds. The van der Waals surface area contributed by atoms with Crippen molar-refractivity contribution in [1.82, 2.24) is 0 Å². The lowest BCUT2D eigenvalue weighted by atomic mass is 9.97. The van der Waals surface area contributed by atoms with Crippen molar-refractivity contribution in [3.63, 3.8) is 0 Å². The second-order valence-corrected chi connectivity index (χ2v) is 7.05. The van der Waals surface area contributed by atoms with Crippen LogP contribution in [0.2, 0.25) is 0 Å². The predicted octanol–water partition coefficient (Wildman–Crippen LogP) is 5.04. The summed E-state index contributed by atoms with van der Waals surface area (Å²) >= 11 is 0. The number of hydrogen-bond acceptors (Lipinski definition) is 3. The van der Waals surface area contributed by atoms with E-state index in [4.69, 9.17) is 0 Å². The lowest BCUT2D eigenvalue weighted by Crippen LogP contribution is -2.28. The molecule has 0 aliphatic carbocycles. The molecule has 0 saturated carbocycles. The summed E-state index contributed by atoms with van der Waals surface area (Å²) in [6, 6.07) is 16.8. The molecular formula is C18H13F3O3S. The van der Waals surface area contributed by atoms with Crippen LogP contribution >= 0.6 is 0 Å². The van der Waals surface area contributed by atoms with Gasteiger partial charge >= 0.3 is 15.6 Å². The summed E-state index contributed by atoms with van der Waals surface area (Å²) in [7, 11) is -5.76. The maximum Gasteiger partial charge on any atom is 0.534 e. The summed E-state index contributed by atoms with van der Waals surface area (Å²) in [4.78, 5) is 0. The van der Waals surface area contributed by atoms with Crippen molar-refractivity contribution in [2.45, 2.75) is 12.4 Å². The van der Waals surface area contributed by atoms with Gasteiger partial charge in [0.1, 0.15) is 0 Å². The molecule has 130 valence electrons. The van der Waals surface area contributed by atoms with Crippen molar-refractivity contribution in [3.05, 3.63) is 66.2 Å². The van der Waals surface area contributed by atoms with E-state index in [-0.39, 0.29) is 5.75 Å². The normalized spacial score (nSPS) is 12.3. The van der Waals surface area contributed by atoms with Gasteiger partial charge in [-0.3, -0.25) is 0 Å². The molecule has 0 heterocycles. The van der Waals surface area contributed by atoms with E-state index in [9.17, 15) is 21.6 Å². The third kappa shape index (κ3) is 3.32. The van der Waals surface area contributed by atoms with Gasteiger partial charge in [-0.05, 0) is 29.3 Å². The van der Waals surface area contributed by atoms with Crippen LogP contribution in [0, 0.1) is 6.92 Å². The van der Waals surface area contributed by atoms with Gasteiger partial charge in [0.2, 0.25) is 0 Å². The fourth-order valence-corrected chi connectivity index (χ4v) is 2.97. The Balaban J connectivity index is 2.26. The SMILES string of the molecule is Cc1ccc(-c2c(OS(=O)(=O)C(F)(F)F)ccc3ccccc23)cc1. The number of fused-ring (bicyclic) bond motifs is 1. The monoisotopic (exact) mass is 366 g/mol. The van der Waals surface area contributed by atoms with E-state index in [1.165, 1.54) is 12.1 Å². The van der Waals surface area contributed by atoms with Gasteiger partial charge in [0.25, 0.3) is 0 Å². The number of benzene rings is 3. The van der Waals surface area contributed by atoms with E-state index >= 15 is 0 Å². The van der Waals surface area contributed by atoms with E-state index in [1.54, 1.807) is 48.5 Å². The second kappa shape index (κ2) is 6.07. The van der Waals surface area contributed by atoms with Crippen LogP contribution in [0.3, 0.4) is 0 Å². The van der Waals surface area contributed by atoms with Crippen LogP contribution in [0.1, 0.15) is 5.56 Å². The van der Waals surface area contributed by atoms with Crippen LogP contribution in [0.25, 0.3) is 21.9 Å². The van der Waals surface area contributed by atoms with Crippen molar-refractivity contribution in [2.75, 3.05) is 0 Å². The summed E-state index contributed by atoms with van der Waals surface area (Å²) in [6.07, 6.45) is 0. The molecule has 3 aromatic rings. The smallest absolute Gasteiger partial charge is 0.375 e. The molecule has 3 aromatic carbocycles. The molecule has 0 unspecified atom stereocenters. The molecule has 3 rings (SSSR count). The topological polar surface area (TPSA) is 43.4 Å². The average molecular weight is 366 g/mol. The number of alkyl halides is 3. The minimum atomic E-state index is -5.76. The first-order chi connectivity index (χ1) is 11.7. The predicted molar refractivity (Wildman–Crippen MR) is 89.7 cm³/mol. The highest BCUT2D eigenvalue weighted by Crippen LogP contribution is 2.39. The fraction of sp³-hybridized carbons (Fsp3) is 0.111. The summed E-state index contributed by atoms with van der Waals surface area (Å²) in [5, 5.41) is 1.36. The molecule has 0 aliphatic heterocycles. The fourth-order valence-electron chi connectivity index (χ4n) is 2.50. The molecule has 0 spiro atoms. The maximum absolute atomic E-state index is 12.7. The quantitative estimate of drug-likeness (QED) is 0.482. The molecule has 0 fully saturated rings. The van der Waals surface area contributed by atoms with Crippen LogP contribution < -0.4 is 4.18 Å². The van der Waals surface area contributed by atoms with Crippen molar-refractivity contribution in [1.29, 1.82) is 0 Å². The first kappa shape index (κ1) is 17.3. The zero-order valence-corrected chi connectivity index (χ0v) is 13.9. The van der Waals surface area contributed by atoms with Crippen LogP contribution in [-0.4, -0.2) is 13.9 Å². The van der Waals surface area contributed by atoms with Crippen LogP contribution in [0.15, 0.2) is 60.7 Å². The van der Waals surface area contributed by atoms with E-state index in [1.807, 2.05) is 6.92 Å². The first-order valence-electron chi connectivity index (χ1n) is 7.28. The van der Waals surface area contributed by atoms with Gasteiger partial charge in [0, 0.05) is 5.56 Å². The third-order valence-corrected chi connectivity index (χ3v) is 4.68. The number of hydrogen-bond donors (Lipinski definition) is 0. The van der Waals surface area contributed by atoms with E-state index in [0.717, 1.165) is 10.9 Å². The number of aryl methyl sites for hydroxylation is 1. The Morgan fingerprint density at radius 1 is 0.880 bits per heavy atom. The van der Waals surface area contributed by atoms with E-state index < -0.39 is 15.6 Å². The third-order valence-electron chi connectivity index (χ3n) is 3.71. The van der Waals surface area contributed by atoms with Crippen LogP contribution in [0.5, 0.6) is 5.75 Å². The highest BCUT2D eigenvalue weighted by atomic mass is 32.2. The zero-order valence-electron chi connectivity index (χ0n) is 13.0.